The molecular weight excluding hydrogens is 399 g/mol. The van der Waals surface area contributed by atoms with Gasteiger partial charge in [0.05, 0.1) is 16.5 Å². The van der Waals surface area contributed by atoms with Crippen LogP contribution in [0.25, 0.3) is 22.4 Å². The molecule has 2 aromatic carbocycles. The van der Waals surface area contributed by atoms with Gasteiger partial charge in [-0.3, -0.25) is 14.9 Å². The first-order valence-electron chi connectivity index (χ1n) is 8.47. The molecule has 29 heavy (non-hydrogen) atoms. The third-order valence-electron chi connectivity index (χ3n) is 4.47. The minimum atomic E-state index is -0.629. The lowest BCUT2D eigenvalue weighted by atomic mass is 10.2. The van der Waals surface area contributed by atoms with Gasteiger partial charge >= 0.3 is 0 Å². The summed E-state index contributed by atoms with van der Waals surface area (Å²) in [6.07, 6.45) is 2.27. The Morgan fingerprint density at radius 1 is 1.17 bits per heavy atom. The Hall–Kier alpha value is -3.65. The van der Waals surface area contributed by atoms with Crippen molar-refractivity contribution in [2.75, 3.05) is 0 Å². The number of nitro groups is 1. The normalized spacial score (nSPS) is 11.0. The highest BCUT2D eigenvalue weighted by molar-refractivity contribution is 6.30. The molecule has 0 saturated heterocycles. The van der Waals surface area contributed by atoms with Gasteiger partial charge in [0.1, 0.15) is 17.2 Å². The second-order valence-corrected chi connectivity index (χ2v) is 6.65. The molecule has 0 atom stereocenters. The fourth-order valence-electron chi connectivity index (χ4n) is 3.08. The molecule has 0 fully saturated rings. The molecule has 0 unspecified atom stereocenters. The molecule has 7 nitrogen and oxygen atoms in total. The van der Waals surface area contributed by atoms with Gasteiger partial charge in [-0.25, -0.2) is 14.4 Å². The van der Waals surface area contributed by atoms with Gasteiger partial charge in [0.2, 0.25) is 0 Å². The van der Waals surface area contributed by atoms with Crippen molar-refractivity contribution in [2.24, 2.45) is 0 Å². The first-order valence-corrected chi connectivity index (χ1v) is 8.85. The van der Waals surface area contributed by atoms with Crippen LogP contribution in [0, 0.1) is 15.9 Å². The number of para-hydroxylation sites is 1. The predicted molar refractivity (Wildman–Crippen MR) is 106 cm³/mol. The van der Waals surface area contributed by atoms with E-state index in [-0.39, 0.29) is 28.8 Å². The van der Waals surface area contributed by atoms with E-state index in [1.807, 2.05) is 0 Å². The summed E-state index contributed by atoms with van der Waals surface area (Å²) >= 11 is 5.73. The van der Waals surface area contributed by atoms with E-state index in [2.05, 4.69) is 9.97 Å². The van der Waals surface area contributed by atoms with E-state index < -0.39 is 10.7 Å². The standard InChI is InChI=1S/C20H12ClFN4O3/c21-15-6-5-12(9-16(15)22)19-23-17(11-27)14-7-8-25(20(14)24-19)10-13-3-1-2-4-18(13)26(28)29/h1-9,11H,10H2. The van der Waals surface area contributed by atoms with Crippen LogP contribution in [-0.2, 0) is 6.54 Å². The minimum Gasteiger partial charge on any atom is -0.328 e. The van der Waals surface area contributed by atoms with Crippen LogP contribution in [-0.4, -0.2) is 25.7 Å². The second kappa shape index (κ2) is 7.40. The molecule has 0 saturated carbocycles. The largest absolute Gasteiger partial charge is 0.328 e. The van der Waals surface area contributed by atoms with Gasteiger partial charge in [0.15, 0.2) is 12.1 Å². The molecule has 0 aliphatic carbocycles. The minimum absolute atomic E-state index is 0.0148. The maximum absolute atomic E-state index is 13.9. The average molecular weight is 411 g/mol. The van der Waals surface area contributed by atoms with Crippen LogP contribution in [0.5, 0.6) is 0 Å². The summed E-state index contributed by atoms with van der Waals surface area (Å²) in [4.78, 5) is 31.1. The van der Waals surface area contributed by atoms with Crippen LogP contribution in [0.4, 0.5) is 10.1 Å². The molecule has 4 rings (SSSR count). The number of benzene rings is 2. The van der Waals surface area contributed by atoms with E-state index in [0.29, 0.717) is 28.4 Å². The molecular formula is C20H12ClFN4O3. The monoisotopic (exact) mass is 410 g/mol. The Balaban J connectivity index is 1.86. The number of aromatic nitrogens is 3. The number of fused-ring (bicyclic) bond motifs is 1. The number of nitrogens with zero attached hydrogens (tertiary/aromatic N) is 4. The van der Waals surface area contributed by atoms with E-state index in [4.69, 9.17) is 11.6 Å². The van der Waals surface area contributed by atoms with Crippen molar-refractivity contribution >= 4 is 34.6 Å². The van der Waals surface area contributed by atoms with Crippen molar-refractivity contribution in [3.8, 4) is 11.4 Å². The molecule has 0 aliphatic rings. The SMILES string of the molecule is O=Cc1nc(-c2ccc(Cl)c(F)c2)nc2c1ccn2Cc1ccccc1[N+](=O)[O-]. The van der Waals surface area contributed by atoms with Gasteiger partial charge in [-0.2, -0.15) is 0 Å². The predicted octanol–water partition coefficient (Wildman–Crippen LogP) is 4.66. The van der Waals surface area contributed by atoms with E-state index in [1.54, 1.807) is 41.1 Å². The van der Waals surface area contributed by atoms with Crippen molar-refractivity contribution in [3.05, 3.63) is 86.9 Å². The zero-order valence-corrected chi connectivity index (χ0v) is 15.5. The molecule has 4 aromatic rings. The third kappa shape index (κ3) is 3.45. The van der Waals surface area contributed by atoms with Crippen LogP contribution >= 0.6 is 11.6 Å². The quantitative estimate of drug-likeness (QED) is 0.271. The molecule has 9 heteroatoms. The summed E-state index contributed by atoms with van der Waals surface area (Å²) in [5.41, 5.74) is 1.38. The van der Waals surface area contributed by atoms with E-state index >= 15 is 0 Å². The third-order valence-corrected chi connectivity index (χ3v) is 4.77. The Labute approximate surface area is 168 Å². The van der Waals surface area contributed by atoms with Gasteiger partial charge in [-0.15, -0.1) is 0 Å². The lowest BCUT2D eigenvalue weighted by Gasteiger charge is -2.08. The topological polar surface area (TPSA) is 90.9 Å². The Bertz CT molecular complexity index is 1270. The van der Waals surface area contributed by atoms with Crippen molar-refractivity contribution in [2.45, 2.75) is 6.54 Å². The fourth-order valence-corrected chi connectivity index (χ4v) is 3.19. The molecule has 2 aromatic heterocycles. The van der Waals surface area contributed by atoms with Crippen molar-refractivity contribution < 1.29 is 14.1 Å². The van der Waals surface area contributed by atoms with Crippen molar-refractivity contribution in [1.29, 1.82) is 0 Å². The van der Waals surface area contributed by atoms with E-state index in [1.165, 1.54) is 18.2 Å². The highest BCUT2D eigenvalue weighted by Crippen LogP contribution is 2.26. The Morgan fingerprint density at radius 3 is 2.69 bits per heavy atom. The number of rotatable bonds is 5. The highest BCUT2D eigenvalue weighted by Gasteiger charge is 2.17. The lowest BCUT2D eigenvalue weighted by Crippen LogP contribution is -2.04. The van der Waals surface area contributed by atoms with Crippen molar-refractivity contribution in [1.82, 2.24) is 14.5 Å². The first-order chi connectivity index (χ1) is 14.0. The molecule has 0 amide bonds. The Kier molecular flexibility index (Phi) is 4.77. The fraction of sp³-hybridized carbons (Fsp3) is 0.0500. The van der Waals surface area contributed by atoms with Crippen molar-refractivity contribution in [3.63, 3.8) is 0 Å². The van der Waals surface area contributed by atoms with Gasteiger partial charge in [-0.05, 0) is 24.3 Å². The van der Waals surface area contributed by atoms with Gasteiger partial charge in [-0.1, -0.05) is 29.8 Å². The molecule has 0 N–H and O–H groups in total. The zero-order valence-electron chi connectivity index (χ0n) is 14.8. The number of hydrogen-bond donors (Lipinski definition) is 0. The van der Waals surface area contributed by atoms with Gasteiger partial charge in [0, 0.05) is 28.8 Å². The molecule has 2 heterocycles. The summed E-state index contributed by atoms with van der Waals surface area (Å²) in [5, 5.41) is 11.8. The molecule has 0 spiro atoms. The number of carbonyl (C=O) groups is 1. The van der Waals surface area contributed by atoms with E-state index in [0.717, 1.165) is 0 Å². The van der Waals surface area contributed by atoms with Gasteiger partial charge in [0.25, 0.3) is 5.69 Å². The molecule has 0 bridgehead atoms. The van der Waals surface area contributed by atoms with Crippen LogP contribution in [0.3, 0.4) is 0 Å². The molecule has 0 aliphatic heterocycles. The highest BCUT2D eigenvalue weighted by atomic mass is 35.5. The van der Waals surface area contributed by atoms with Crippen LogP contribution < -0.4 is 0 Å². The van der Waals surface area contributed by atoms with Crippen LogP contribution in [0.2, 0.25) is 5.02 Å². The maximum atomic E-state index is 13.9. The second-order valence-electron chi connectivity index (χ2n) is 6.25. The van der Waals surface area contributed by atoms with E-state index in [9.17, 15) is 19.3 Å². The number of aldehydes is 1. The molecule has 144 valence electrons. The number of halogens is 2. The Morgan fingerprint density at radius 2 is 1.97 bits per heavy atom. The molecule has 0 radical (unpaired) electrons. The van der Waals surface area contributed by atoms with Crippen LogP contribution in [0.15, 0.2) is 54.7 Å². The zero-order chi connectivity index (χ0) is 20.5. The average Bonchev–Trinajstić information content (AvgIpc) is 3.12. The summed E-state index contributed by atoms with van der Waals surface area (Å²) < 4.78 is 15.5. The summed E-state index contributed by atoms with van der Waals surface area (Å²) in [6, 6.07) is 12.2. The first kappa shape index (κ1) is 18.7. The number of carbonyl (C=O) groups excluding carboxylic acids is 1. The smallest absolute Gasteiger partial charge is 0.274 e. The number of hydrogen-bond acceptors (Lipinski definition) is 5. The number of nitro benzene ring substituents is 1. The van der Waals surface area contributed by atoms with Gasteiger partial charge < -0.3 is 4.57 Å². The summed E-state index contributed by atoms with van der Waals surface area (Å²) in [6.45, 7) is 0.171. The maximum Gasteiger partial charge on any atom is 0.274 e. The summed E-state index contributed by atoms with van der Waals surface area (Å²) in [7, 11) is 0. The summed E-state index contributed by atoms with van der Waals surface area (Å²) in [5.74, 6) is -0.478. The van der Waals surface area contributed by atoms with Crippen LogP contribution in [0.1, 0.15) is 16.1 Å². The lowest BCUT2D eigenvalue weighted by molar-refractivity contribution is -0.385.